The van der Waals surface area contributed by atoms with Crippen molar-refractivity contribution in [1.82, 2.24) is 3.96 Å². The number of carbonyl (C=O) groups excluding carboxylic acids is 2. The fourth-order valence-corrected chi connectivity index (χ4v) is 3.56. The van der Waals surface area contributed by atoms with Gasteiger partial charge in [0.05, 0.1) is 12.7 Å². The molecule has 0 bridgehead atoms. The first-order valence-corrected chi connectivity index (χ1v) is 9.77. The minimum Gasteiger partial charge on any atom is -0.496 e. The maximum atomic E-state index is 12.9. The Balaban J connectivity index is 2.51. The van der Waals surface area contributed by atoms with Crippen LogP contribution in [0.4, 0.5) is 5.69 Å². The molecule has 0 unspecified atom stereocenters. The first-order chi connectivity index (χ1) is 12.8. The zero-order valence-corrected chi connectivity index (χ0v) is 17.4. The number of amides is 2. The van der Waals surface area contributed by atoms with Crippen LogP contribution in [-0.2, 0) is 16.8 Å². The zero-order chi connectivity index (χ0) is 20.0. The van der Waals surface area contributed by atoms with Crippen molar-refractivity contribution in [2.24, 2.45) is 4.99 Å². The van der Waals surface area contributed by atoms with Gasteiger partial charge in [-0.25, -0.2) is 0 Å². The number of aromatic nitrogens is 1. The molecule has 27 heavy (non-hydrogen) atoms. The van der Waals surface area contributed by atoms with Gasteiger partial charge in [0.1, 0.15) is 10.4 Å². The predicted molar refractivity (Wildman–Crippen MR) is 108 cm³/mol. The molecule has 0 aliphatic heterocycles. The third-order valence-corrected chi connectivity index (χ3v) is 5.43. The SMILES string of the molecule is CCCCc1cn(C(C)(C)C)sc1=NC(=O)c1cc(NC=O)ccc1OC. The lowest BCUT2D eigenvalue weighted by molar-refractivity contribution is -0.105. The van der Waals surface area contributed by atoms with Gasteiger partial charge in [0, 0.05) is 23.0 Å². The maximum Gasteiger partial charge on any atom is 0.282 e. The van der Waals surface area contributed by atoms with Gasteiger partial charge in [-0.05, 0) is 63.3 Å². The number of methoxy groups -OCH3 is 1. The molecule has 1 aromatic carbocycles. The Labute approximate surface area is 164 Å². The zero-order valence-electron chi connectivity index (χ0n) is 16.5. The van der Waals surface area contributed by atoms with E-state index in [-0.39, 0.29) is 11.4 Å². The van der Waals surface area contributed by atoms with Crippen LogP contribution in [0, 0.1) is 0 Å². The quantitative estimate of drug-likeness (QED) is 0.729. The van der Waals surface area contributed by atoms with Crippen LogP contribution in [0.15, 0.2) is 29.4 Å². The second-order valence-corrected chi connectivity index (χ2v) is 8.21. The Kier molecular flexibility index (Phi) is 6.96. The standard InChI is InChI=1S/C20H27N3O3S/c1-6-7-8-14-12-23(20(2,3)4)27-19(14)22-18(25)16-11-15(21-13-24)9-10-17(16)26-5/h9-13H,6-8H2,1-5H3,(H,21,24). The van der Waals surface area contributed by atoms with E-state index in [1.165, 1.54) is 18.6 Å². The van der Waals surface area contributed by atoms with Gasteiger partial charge in [0.25, 0.3) is 5.91 Å². The van der Waals surface area contributed by atoms with Crippen LogP contribution in [0.1, 0.15) is 56.5 Å². The minimum atomic E-state index is -0.387. The van der Waals surface area contributed by atoms with Crippen LogP contribution in [0.5, 0.6) is 5.75 Å². The largest absolute Gasteiger partial charge is 0.496 e. The normalized spacial score (nSPS) is 12.1. The number of benzene rings is 1. The number of hydrogen-bond donors (Lipinski definition) is 1. The van der Waals surface area contributed by atoms with Crippen molar-refractivity contribution in [1.29, 1.82) is 0 Å². The van der Waals surface area contributed by atoms with E-state index in [0.29, 0.717) is 23.4 Å². The van der Waals surface area contributed by atoms with Crippen LogP contribution < -0.4 is 14.7 Å². The Bertz CT molecular complexity index is 875. The Morgan fingerprint density at radius 3 is 2.70 bits per heavy atom. The van der Waals surface area contributed by atoms with E-state index >= 15 is 0 Å². The summed E-state index contributed by atoms with van der Waals surface area (Å²) in [7, 11) is 1.50. The highest BCUT2D eigenvalue weighted by Gasteiger charge is 2.17. The Hall–Kier alpha value is -2.41. The summed E-state index contributed by atoms with van der Waals surface area (Å²) in [6, 6.07) is 4.90. The van der Waals surface area contributed by atoms with Gasteiger partial charge < -0.3 is 10.1 Å². The molecular formula is C20H27N3O3S. The number of ether oxygens (including phenoxy) is 1. The van der Waals surface area contributed by atoms with Crippen molar-refractivity contribution >= 4 is 29.5 Å². The average Bonchev–Trinajstić information content (AvgIpc) is 3.03. The molecule has 0 atom stereocenters. The first kappa shape index (κ1) is 20.9. The highest BCUT2D eigenvalue weighted by atomic mass is 32.1. The van der Waals surface area contributed by atoms with Crippen LogP contribution in [0.3, 0.4) is 0 Å². The summed E-state index contributed by atoms with van der Waals surface area (Å²) in [4.78, 5) is 27.9. The first-order valence-electron chi connectivity index (χ1n) is 8.99. The second-order valence-electron chi connectivity index (χ2n) is 7.25. The molecule has 2 aromatic rings. The predicted octanol–water partition coefficient (Wildman–Crippen LogP) is 3.97. The van der Waals surface area contributed by atoms with Gasteiger partial charge in [-0.15, -0.1) is 0 Å². The minimum absolute atomic E-state index is 0.0755. The van der Waals surface area contributed by atoms with Gasteiger partial charge in [0.2, 0.25) is 6.41 Å². The Morgan fingerprint density at radius 2 is 2.11 bits per heavy atom. The van der Waals surface area contributed by atoms with E-state index in [1.807, 2.05) is 0 Å². The van der Waals surface area contributed by atoms with Crippen LogP contribution in [0.25, 0.3) is 0 Å². The summed E-state index contributed by atoms with van der Waals surface area (Å²) >= 11 is 1.48. The molecule has 1 heterocycles. The number of nitrogens with one attached hydrogen (secondary N) is 1. The number of carbonyl (C=O) groups is 2. The molecule has 0 radical (unpaired) electrons. The molecule has 1 aromatic heterocycles. The number of aryl methyl sites for hydroxylation is 1. The van der Waals surface area contributed by atoms with E-state index in [0.717, 1.165) is 29.5 Å². The van der Waals surface area contributed by atoms with Crippen LogP contribution in [0.2, 0.25) is 0 Å². The molecule has 146 valence electrons. The van der Waals surface area contributed by atoms with Crippen molar-refractivity contribution in [2.75, 3.05) is 12.4 Å². The monoisotopic (exact) mass is 389 g/mol. The third-order valence-electron chi connectivity index (χ3n) is 4.05. The molecule has 1 N–H and O–H groups in total. The van der Waals surface area contributed by atoms with Crippen LogP contribution in [-0.4, -0.2) is 23.4 Å². The van der Waals surface area contributed by atoms with E-state index < -0.39 is 0 Å². The topological polar surface area (TPSA) is 72.7 Å². The van der Waals surface area contributed by atoms with Crippen molar-refractivity contribution in [2.45, 2.75) is 52.5 Å². The van der Waals surface area contributed by atoms with Crippen LogP contribution >= 0.6 is 11.5 Å². The number of rotatable bonds is 7. The molecule has 7 heteroatoms. The van der Waals surface area contributed by atoms with Gasteiger partial charge in [-0.1, -0.05) is 13.3 Å². The van der Waals surface area contributed by atoms with Gasteiger partial charge in [-0.3, -0.25) is 13.5 Å². The van der Waals surface area contributed by atoms with Gasteiger partial charge in [0.15, 0.2) is 0 Å². The lowest BCUT2D eigenvalue weighted by Gasteiger charge is -2.19. The number of hydrogen-bond acceptors (Lipinski definition) is 4. The molecule has 0 aliphatic carbocycles. The summed E-state index contributed by atoms with van der Waals surface area (Å²) in [6.07, 6.45) is 5.66. The molecule has 2 rings (SSSR count). The van der Waals surface area contributed by atoms with Crippen molar-refractivity contribution < 1.29 is 14.3 Å². The number of unbranched alkanes of at least 4 members (excludes halogenated alkanes) is 1. The second kappa shape index (κ2) is 8.99. The average molecular weight is 390 g/mol. The number of nitrogens with zero attached hydrogens (tertiary/aromatic N) is 2. The van der Waals surface area contributed by atoms with E-state index in [9.17, 15) is 9.59 Å². The fourth-order valence-electron chi connectivity index (χ4n) is 2.52. The summed E-state index contributed by atoms with van der Waals surface area (Å²) in [5.41, 5.74) is 1.84. The molecular weight excluding hydrogens is 362 g/mol. The molecule has 0 spiro atoms. The number of anilines is 1. The highest BCUT2D eigenvalue weighted by Crippen LogP contribution is 2.24. The maximum absolute atomic E-state index is 12.9. The van der Waals surface area contributed by atoms with Crippen molar-refractivity contribution in [3.63, 3.8) is 0 Å². The molecule has 0 saturated carbocycles. The Morgan fingerprint density at radius 1 is 1.37 bits per heavy atom. The smallest absolute Gasteiger partial charge is 0.282 e. The highest BCUT2D eigenvalue weighted by molar-refractivity contribution is 7.04. The van der Waals surface area contributed by atoms with Crippen molar-refractivity contribution in [3.05, 3.63) is 40.2 Å². The lowest BCUT2D eigenvalue weighted by atomic mass is 10.1. The van der Waals surface area contributed by atoms with E-state index in [4.69, 9.17) is 4.74 Å². The molecule has 0 saturated heterocycles. The van der Waals surface area contributed by atoms with E-state index in [1.54, 1.807) is 18.2 Å². The summed E-state index contributed by atoms with van der Waals surface area (Å²) in [5, 5.41) is 2.55. The lowest BCUT2D eigenvalue weighted by Crippen LogP contribution is -2.18. The summed E-state index contributed by atoms with van der Waals surface area (Å²) in [6.45, 7) is 8.51. The molecule has 0 aliphatic rings. The summed E-state index contributed by atoms with van der Waals surface area (Å²) in [5.74, 6) is 0.0395. The molecule has 0 fully saturated rings. The van der Waals surface area contributed by atoms with Gasteiger partial charge in [-0.2, -0.15) is 4.99 Å². The fraction of sp³-hybridized carbons (Fsp3) is 0.450. The van der Waals surface area contributed by atoms with E-state index in [2.05, 4.69) is 48.2 Å². The molecule has 6 nitrogen and oxygen atoms in total. The summed E-state index contributed by atoms with van der Waals surface area (Å²) < 4.78 is 8.15. The third kappa shape index (κ3) is 5.29. The molecule has 2 amide bonds. The van der Waals surface area contributed by atoms with Gasteiger partial charge >= 0.3 is 0 Å². The van der Waals surface area contributed by atoms with Crippen molar-refractivity contribution in [3.8, 4) is 5.75 Å².